The van der Waals surface area contributed by atoms with Crippen LogP contribution in [0.15, 0.2) is 41.8 Å². The van der Waals surface area contributed by atoms with Gasteiger partial charge in [0.05, 0.1) is 10.0 Å². The second-order valence-corrected chi connectivity index (χ2v) is 4.66. The largest absolute Gasteiger partial charge is 0.444 e. The highest BCUT2D eigenvalue weighted by molar-refractivity contribution is 7.14. The van der Waals surface area contributed by atoms with Crippen LogP contribution in [0.3, 0.4) is 0 Å². The molecular weight excluding hydrogens is 258 g/mol. The Labute approximate surface area is 108 Å². The molecule has 1 aromatic heterocycles. The molecule has 88 valence electrons. The van der Waals surface area contributed by atoms with Crippen molar-refractivity contribution in [2.45, 2.75) is 6.61 Å². The maximum Gasteiger partial charge on any atom is 0.412 e. The van der Waals surface area contributed by atoms with Gasteiger partial charge in [-0.05, 0) is 11.6 Å². The number of rotatable bonds is 3. The first kappa shape index (κ1) is 12.0. The fraction of sp³-hybridized carbons (Fsp3) is 0.0833. The number of hydrogen-bond donors (Lipinski definition) is 1. The molecule has 1 heterocycles. The summed E-state index contributed by atoms with van der Waals surface area (Å²) >= 11 is 7.09. The summed E-state index contributed by atoms with van der Waals surface area (Å²) in [6, 6.07) is 11.2. The van der Waals surface area contributed by atoms with Gasteiger partial charge in [-0.2, -0.15) is 0 Å². The quantitative estimate of drug-likeness (QED) is 0.907. The van der Waals surface area contributed by atoms with Gasteiger partial charge >= 0.3 is 6.09 Å². The van der Waals surface area contributed by atoms with Crippen LogP contribution in [-0.2, 0) is 11.3 Å². The molecule has 0 aliphatic heterocycles. The van der Waals surface area contributed by atoms with E-state index >= 15 is 0 Å². The van der Waals surface area contributed by atoms with Gasteiger partial charge in [0.2, 0.25) is 0 Å². The Hall–Kier alpha value is -1.52. The van der Waals surface area contributed by atoms with E-state index in [9.17, 15) is 4.79 Å². The fourth-order valence-corrected chi connectivity index (χ4v) is 2.19. The van der Waals surface area contributed by atoms with Gasteiger partial charge in [-0.15, -0.1) is 11.3 Å². The Bertz CT molecular complexity index is 498. The van der Waals surface area contributed by atoms with Gasteiger partial charge in [0.15, 0.2) is 0 Å². The number of nitrogens with one attached hydrogen (secondary N) is 1. The molecule has 2 rings (SSSR count). The molecule has 5 heteroatoms. The lowest BCUT2D eigenvalue weighted by molar-refractivity contribution is 0.155. The molecular formula is C12H10ClNO2S. The van der Waals surface area contributed by atoms with Crippen LogP contribution in [-0.4, -0.2) is 6.09 Å². The minimum absolute atomic E-state index is 0.256. The van der Waals surface area contributed by atoms with E-state index in [-0.39, 0.29) is 6.61 Å². The first-order chi connectivity index (χ1) is 8.24. The summed E-state index contributed by atoms with van der Waals surface area (Å²) in [7, 11) is 0. The monoisotopic (exact) mass is 267 g/mol. The number of benzene rings is 1. The molecule has 0 aliphatic rings. The molecule has 3 nitrogen and oxygen atoms in total. The van der Waals surface area contributed by atoms with E-state index in [0.29, 0.717) is 10.0 Å². The number of halogens is 1. The first-order valence-corrected chi connectivity index (χ1v) is 6.21. The normalized spacial score (nSPS) is 9.94. The molecule has 0 atom stereocenters. The number of carbonyl (C=O) groups excluding carboxylic acids is 1. The molecule has 0 saturated heterocycles. The van der Waals surface area contributed by atoms with Crippen molar-refractivity contribution < 1.29 is 9.53 Å². The van der Waals surface area contributed by atoms with Crippen molar-refractivity contribution in [3.63, 3.8) is 0 Å². The maximum absolute atomic E-state index is 11.4. The van der Waals surface area contributed by atoms with Crippen molar-refractivity contribution >= 4 is 34.0 Å². The Morgan fingerprint density at radius 3 is 2.76 bits per heavy atom. The Kier molecular flexibility index (Phi) is 4.01. The molecule has 17 heavy (non-hydrogen) atoms. The first-order valence-electron chi connectivity index (χ1n) is 4.96. The predicted molar refractivity (Wildman–Crippen MR) is 69.6 cm³/mol. The zero-order valence-corrected chi connectivity index (χ0v) is 10.4. The van der Waals surface area contributed by atoms with Crippen LogP contribution in [0.25, 0.3) is 0 Å². The molecule has 1 N–H and O–H groups in total. The standard InChI is InChI=1S/C12H10ClNO2S/c13-10-6-11(17-8-10)14-12(15)16-7-9-4-2-1-3-5-9/h1-6,8H,7H2,(H,14,15). The third-order valence-electron chi connectivity index (χ3n) is 2.01. The van der Waals surface area contributed by atoms with Crippen LogP contribution in [0.4, 0.5) is 9.80 Å². The fourth-order valence-electron chi connectivity index (χ4n) is 1.24. The van der Waals surface area contributed by atoms with Gasteiger partial charge in [-0.25, -0.2) is 4.79 Å². The Balaban J connectivity index is 1.82. The summed E-state index contributed by atoms with van der Waals surface area (Å²) in [5.74, 6) is 0. The van der Waals surface area contributed by atoms with Crippen molar-refractivity contribution in [1.29, 1.82) is 0 Å². The molecule has 0 unspecified atom stereocenters. The third kappa shape index (κ3) is 3.76. The molecule has 0 radical (unpaired) electrons. The highest BCUT2D eigenvalue weighted by atomic mass is 35.5. The van der Waals surface area contributed by atoms with E-state index in [1.165, 1.54) is 11.3 Å². The average molecular weight is 268 g/mol. The lowest BCUT2D eigenvalue weighted by Crippen LogP contribution is -2.12. The molecule has 1 amide bonds. The van der Waals surface area contributed by atoms with Gasteiger partial charge in [-0.1, -0.05) is 41.9 Å². The van der Waals surface area contributed by atoms with E-state index in [4.69, 9.17) is 16.3 Å². The van der Waals surface area contributed by atoms with Crippen molar-refractivity contribution in [1.82, 2.24) is 0 Å². The molecule has 0 spiro atoms. The van der Waals surface area contributed by atoms with E-state index < -0.39 is 6.09 Å². The molecule has 0 fully saturated rings. The van der Waals surface area contributed by atoms with Gasteiger partial charge in [0.1, 0.15) is 6.61 Å². The maximum atomic E-state index is 11.4. The molecule has 1 aromatic carbocycles. The van der Waals surface area contributed by atoms with Crippen LogP contribution in [0.5, 0.6) is 0 Å². The number of thiophene rings is 1. The lowest BCUT2D eigenvalue weighted by atomic mass is 10.2. The van der Waals surface area contributed by atoms with Crippen LogP contribution < -0.4 is 5.32 Å². The van der Waals surface area contributed by atoms with E-state index in [0.717, 1.165) is 5.56 Å². The van der Waals surface area contributed by atoms with Crippen LogP contribution >= 0.6 is 22.9 Å². The minimum atomic E-state index is -0.479. The summed E-state index contributed by atoms with van der Waals surface area (Å²) in [4.78, 5) is 11.4. The number of carbonyl (C=O) groups is 1. The second-order valence-electron chi connectivity index (χ2n) is 3.32. The summed E-state index contributed by atoms with van der Waals surface area (Å²) in [5.41, 5.74) is 0.951. The molecule has 0 aliphatic carbocycles. The Morgan fingerprint density at radius 2 is 2.12 bits per heavy atom. The van der Waals surface area contributed by atoms with Gasteiger partial charge in [0, 0.05) is 5.38 Å². The van der Waals surface area contributed by atoms with E-state index in [2.05, 4.69) is 5.32 Å². The van der Waals surface area contributed by atoms with Crippen molar-refractivity contribution in [2.24, 2.45) is 0 Å². The van der Waals surface area contributed by atoms with Crippen LogP contribution in [0.2, 0.25) is 5.02 Å². The molecule has 0 saturated carbocycles. The predicted octanol–water partition coefficient (Wildman–Crippen LogP) is 4.15. The minimum Gasteiger partial charge on any atom is -0.444 e. The highest BCUT2D eigenvalue weighted by Crippen LogP contribution is 2.24. The van der Waals surface area contributed by atoms with Gasteiger partial charge < -0.3 is 4.74 Å². The number of anilines is 1. The third-order valence-corrected chi connectivity index (χ3v) is 3.20. The SMILES string of the molecule is O=C(Nc1cc(Cl)cs1)OCc1ccccc1. The van der Waals surface area contributed by atoms with Crippen molar-refractivity contribution in [3.05, 3.63) is 52.4 Å². The van der Waals surface area contributed by atoms with Crippen molar-refractivity contribution in [3.8, 4) is 0 Å². The van der Waals surface area contributed by atoms with E-state index in [1.807, 2.05) is 30.3 Å². The van der Waals surface area contributed by atoms with Crippen molar-refractivity contribution in [2.75, 3.05) is 5.32 Å². The topological polar surface area (TPSA) is 38.3 Å². The van der Waals surface area contributed by atoms with Crippen LogP contribution in [0, 0.1) is 0 Å². The number of amides is 1. The lowest BCUT2D eigenvalue weighted by Gasteiger charge is -2.04. The summed E-state index contributed by atoms with van der Waals surface area (Å²) in [6.07, 6.45) is -0.479. The summed E-state index contributed by atoms with van der Waals surface area (Å²) in [5, 5.41) is 5.63. The molecule has 0 bridgehead atoms. The summed E-state index contributed by atoms with van der Waals surface area (Å²) in [6.45, 7) is 0.256. The van der Waals surface area contributed by atoms with E-state index in [1.54, 1.807) is 11.4 Å². The highest BCUT2D eigenvalue weighted by Gasteiger charge is 2.05. The number of ether oxygens (including phenoxy) is 1. The zero-order chi connectivity index (χ0) is 12.1. The smallest absolute Gasteiger partial charge is 0.412 e. The number of hydrogen-bond acceptors (Lipinski definition) is 3. The summed E-state index contributed by atoms with van der Waals surface area (Å²) < 4.78 is 5.05. The van der Waals surface area contributed by atoms with Gasteiger partial charge in [-0.3, -0.25) is 5.32 Å². The zero-order valence-electron chi connectivity index (χ0n) is 8.85. The molecule has 2 aromatic rings. The Morgan fingerprint density at radius 1 is 1.35 bits per heavy atom. The second kappa shape index (κ2) is 5.70. The average Bonchev–Trinajstić information content (AvgIpc) is 2.73. The van der Waals surface area contributed by atoms with Crippen LogP contribution in [0.1, 0.15) is 5.56 Å². The van der Waals surface area contributed by atoms with Gasteiger partial charge in [0.25, 0.3) is 0 Å².